The Labute approximate surface area is 102 Å². The van der Waals surface area contributed by atoms with E-state index >= 15 is 0 Å². The van der Waals surface area contributed by atoms with Crippen LogP contribution < -0.4 is 10.2 Å². The lowest BCUT2D eigenvalue weighted by molar-refractivity contribution is 0.449. The molecule has 1 N–H and O–H groups in total. The highest BCUT2D eigenvalue weighted by molar-refractivity contribution is 6.33. The summed E-state index contributed by atoms with van der Waals surface area (Å²) in [4.78, 5) is 6.55. The SMILES string of the molecule is CNC1CCCN(c2ccnc(C)c2Cl)C1. The molecule has 0 bridgehead atoms. The zero-order chi connectivity index (χ0) is 11.5. The van der Waals surface area contributed by atoms with E-state index in [1.54, 1.807) is 0 Å². The number of aromatic nitrogens is 1. The normalized spacial score (nSPS) is 21.2. The lowest BCUT2D eigenvalue weighted by Gasteiger charge is -2.34. The third-order valence-electron chi connectivity index (χ3n) is 3.21. The van der Waals surface area contributed by atoms with Crippen LogP contribution in [0.5, 0.6) is 0 Å². The number of pyridine rings is 1. The van der Waals surface area contributed by atoms with Crippen molar-refractivity contribution in [3.63, 3.8) is 0 Å². The van der Waals surface area contributed by atoms with Gasteiger partial charge in [0.1, 0.15) is 0 Å². The molecule has 0 saturated carbocycles. The number of nitrogens with zero attached hydrogens (tertiary/aromatic N) is 2. The van der Waals surface area contributed by atoms with Crippen molar-refractivity contribution in [1.29, 1.82) is 0 Å². The minimum atomic E-state index is 0.568. The van der Waals surface area contributed by atoms with Crippen molar-refractivity contribution in [2.75, 3.05) is 25.0 Å². The van der Waals surface area contributed by atoms with Crippen LogP contribution in [0.15, 0.2) is 12.3 Å². The summed E-state index contributed by atoms with van der Waals surface area (Å²) < 4.78 is 0. The van der Waals surface area contributed by atoms with Gasteiger partial charge in [0.2, 0.25) is 0 Å². The van der Waals surface area contributed by atoms with Crippen molar-refractivity contribution in [2.45, 2.75) is 25.8 Å². The third kappa shape index (κ3) is 2.30. The molecule has 1 saturated heterocycles. The van der Waals surface area contributed by atoms with E-state index < -0.39 is 0 Å². The summed E-state index contributed by atoms with van der Waals surface area (Å²) in [6.07, 6.45) is 4.29. The van der Waals surface area contributed by atoms with Gasteiger partial charge in [-0.15, -0.1) is 0 Å². The quantitative estimate of drug-likeness (QED) is 0.858. The van der Waals surface area contributed by atoms with Crippen molar-refractivity contribution in [3.05, 3.63) is 23.0 Å². The number of halogens is 1. The van der Waals surface area contributed by atoms with E-state index in [-0.39, 0.29) is 0 Å². The van der Waals surface area contributed by atoms with Gasteiger partial charge in [0.25, 0.3) is 0 Å². The predicted octanol–water partition coefficient (Wildman–Crippen LogP) is 2.23. The summed E-state index contributed by atoms with van der Waals surface area (Å²) in [5.74, 6) is 0. The molecule has 0 aliphatic carbocycles. The Morgan fingerprint density at radius 3 is 3.12 bits per heavy atom. The average molecular weight is 240 g/mol. The van der Waals surface area contributed by atoms with Gasteiger partial charge in [0, 0.05) is 25.3 Å². The van der Waals surface area contributed by atoms with Crippen LogP contribution in [0.25, 0.3) is 0 Å². The first-order valence-corrected chi connectivity index (χ1v) is 6.13. The second-order valence-corrected chi connectivity index (χ2v) is 4.68. The molecule has 0 spiro atoms. The number of aryl methyl sites for hydroxylation is 1. The second-order valence-electron chi connectivity index (χ2n) is 4.30. The minimum Gasteiger partial charge on any atom is -0.369 e. The van der Waals surface area contributed by atoms with E-state index in [2.05, 4.69) is 15.2 Å². The van der Waals surface area contributed by atoms with Crippen LogP contribution in [-0.4, -0.2) is 31.2 Å². The van der Waals surface area contributed by atoms with E-state index in [1.165, 1.54) is 12.8 Å². The van der Waals surface area contributed by atoms with Crippen molar-refractivity contribution in [1.82, 2.24) is 10.3 Å². The van der Waals surface area contributed by atoms with Gasteiger partial charge in [-0.2, -0.15) is 0 Å². The predicted molar refractivity (Wildman–Crippen MR) is 68.3 cm³/mol. The van der Waals surface area contributed by atoms with Crippen molar-refractivity contribution < 1.29 is 0 Å². The van der Waals surface area contributed by atoms with Gasteiger partial charge in [-0.05, 0) is 32.9 Å². The number of hydrogen-bond acceptors (Lipinski definition) is 3. The molecule has 1 atom stereocenters. The number of hydrogen-bond donors (Lipinski definition) is 1. The fourth-order valence-corrected chi connectivity index (χ4v) is 2.44. The Morgan fingerprint density at radius 2 is 2.38 bits per heavy atom. The highest BCUT2D eigenvalue weighted by atomic mass is 35.5. The maximum Gasteiger partial charge on any atom is 0.0851 e. The maximum absolute atomic E-state index is 6.29. The standard InChI is InChI=1S/C12H18ClN3/c1-9-12(13)11(5-6-15-9)16-7-3-4-10(8-16)14-2/h5-6,10,14H,3-4,7-8H2,1-2H3. The molecular formula is C12H18ClN3. The van der Waals surface area contributed by atoms with Gasteiger partial charge in [-0.3, -0.25) is 4.98 Å². The molecule has 16 heavy (non-hydrogen) atoms. The zero-order valence-corrected chi connectivity index (χ0v) is 10.6. The third-order valence-corrected chi connectivity index (χ3v) is 3.68. The molecule has 1 fully saturated rings. The molecule has 88 valence electrons. The molecule has 1 aliphatic rings. The Hall–Kier alpha value is -0.800. The van der Waals surface area contributed by atoms with Crippen LogP contribution in [0.3, 0.4) is 0 Å². The average Bonchev–Trinajstić information content (AvgIpc) is 2.33. The van der Waals surface area contributed by atoms with Gasteiger partial charge >= 0.3 is 0 Å². The number of anilines is 1. The molecule has 0 aromatic carbocycles. The van der Waals surface area contributed by atoms with Crippen molar-refractivity contribution in [3.8, 4) is 0 Å². The first kappa shape index (κ1) is 11.7. The van der Waals surface area contributed by atoms with Crippen molar-refractivity contribution >= 4 is 17.3 Å². The molecule has 4 heteroatoms. The van der Waals surface area contributed by atoms with Crippen LogP contribution in [-0.2, 0) is 0 Å². The minimum absolute atomic E-state index is 0.568. The molecule has 2 rings (SSSR count). The summed E-state index contributed by atoms with van der Waals surface area (Å²) in [5, 5.41) is 4.13. The maximum atomic E-state index is 6.29. The first-order valence-electron chi connectivity index (χ1n) is 5.75. The first-order chi connectivity index (χ1) is 7.72. The fourth-order valence-electron chi connectivity index (χ4n) is 2.21. The van der Waals surface area contributed by atoms with E-state index in [0.717, 1.165) is 29.5 Å². The number of piperidine rings is 1. The van der Waals surface area contributed by atoms with E-state index in [1.807, 2.05) is 26.2 Å². The Bertz CT molecular complexity index is 367. The molecule has 0 radical (unpaired) electrons. The zero-order valence-electron chi connectivity index (χ0n) is 9.83. The van der Waals surface area contributed by atoms with Crippen LogP contribution >= 0.6 is 11.6 Å². The Balaban J connectivity index is 2.20. The number of likely N-dealkylation sites (N-methyl/N-ethyl adjacent to an activating group) is 1. The highest BCUT2D eigenvalue weighted by Crippen LogP contribution is 2.29. The Kier molecular flexibility index (Phi) is 3.66. The molecule has 1 aliphatic heterocycles. The second kappa shape index (κ2) is 5.02. The van der Waals surface area contributed by atoms with Gasteiger partial charge in [0.05, 0.1) is 16.4 Å². The van der Waals surface area contributed by atoms with Gasteiger partial charge in [-0.25, -0.2) is 0 Å². The monoisotopic (exact) mass is 239 g/mol. The lowest BCUT2D eigenvalue weighted by atomic mass is 10.1. The fraction of sp³-hybridized carbons (Fsp3) is 0.583. The molecular weight excluding hydrogens is 222 g/mol. The van der Waals surface area contributed by atoms with E-state index in [9.17, 15) is 0 Å². The topological polar surface area (TPSA) is 28.2 Å². The van der Waals surface area contributed by atoms with Crippen LogP contribution in [0.2, 0.25) is 5.02 Å². The van der Waals surface area contributed by atoms with Gasteiger partial charge in [-0.1, -0.05) is 11.6 Å². The summed E-state index contributed by atoms with van der Waals surface area (Å²) in [6, 6.07) is 2.58. The summed E-state index contributed by atoms with van der Waals surface area (Å²) in [6.45, 7) is 4.06. The van der Waals surface area contributed by atoms with Gasteiger partial charge < -0.3 is 10.2 Å². The van der Waals surface area contributed by atoms with E-state index in [4.69, 9.17) is 11.6 Å². The smallest absolute Gasteiger partial charge is 0.0851 e. The Morgan fingerprint density at radius 1 is 1.56 bits per heavy atom. The molecule has 1 aromatic heterocycles. The number of rotatable bonds is 2. The summed E-state index contributed by atoms with van der Waals surface area (Å²) in [7, 11) is 2.02. The molecule has 0 amide bonds. The number of nitrogens with one attached hydrogen (secondary N) is 1. The molecule has 3 nitrogen and oxygen atoms in total. The largest absolute Gasteiger partial charge is 0.369 e. The summed E-state index contributed by atoms with van der Waals surface area (Å²) in [5.41, 5.74) is 2.03. The highest BCUT2D eigenvalue weighted by Gasteiger charge is 2.20. The van der Waals surface area contributed by atoms with Gasteiger partial charge in [0.15, 0.2) is 0 Å². The molecule has 1 aromatic rings. The molecule has 2 heterocycles. The molecule has 1 unspecified atom stereocenters. The van der Waals surface area contributed by atoms with E-state index in [0.29, 0.717) is 6.04 Å². The lowest BCUT2D eigenvalue weighted by Crippen LogP contribution is -2.44. The van der Waals surface area contributed by atoms with Crippen molar-refractivity contribution in [2.24, 2.45) is 0 Å². The van der Waals surface area contributed by atoms with Crippen LogP contribution in [0, 0.1) is 6.92 Å². The summed E-state index contributed by atoms with van der Waals surface area (Å²) >= 11 is 6.29. The van der Waals surface area contributed by atoms with Crippen LogP contribution in [0.4, 0.5) is 5.69 Å². The van der Waals surface area contributed by atoms with Crippen LogP contribution in [0.1, 0.15) is 18.5 Å².